The number of nitrogens with one attached hydrogen (secondary N) is 1. The lowest BCUT2D eigenvalue weighted by molar-refractivity contribution is 0.117. The van der Waals surface area contributed by atoms with E-state index in [9.17, 15) is 9.90 Å². The zero-order valence-electron chi connectivity index (χ0n) is 36.2. The molecule has 0 saturated carbocycles. The highest BCUT2D eigenvalue weighted by atomic mass is 32.1. The van der Waals surface area contributed by atoms with Crippen molar-refractivity contribution in [1.29, 1.82) is 0 Å². The Morgan fingerprint density at radius 3 is 2.19 bits per heavy atom. The highest BCUT2D eigenvalue weighted by molar-refractivity contribution is 7.80. The third kappa shape index (κ3) is 8.07. The first-order valence-electron chi connectivity index (χ1n) is 21.4. The summed E-state index contributed by atoms with van der Waals surface area (Å²) in [4.78, 5) is 20.4. The van der Waals surface area contributed by atoms with Gasteiger partial charge in [-0.1, -0.05) is 90.6 Å². The van der Waals surface area contributed by atoms with Crippen LogP contribution in [0.3, 0.4) is 0 Å². The summed E-state index contributed by atoms with van der Waals surface area (Å²) in [6, 6.07) is 22.5. The second-order valence-electron chi connectivity index (χ2n) is 17.8. The normalized spacial score (nSPS) is 19.5. The molecule has 2 atom stereocenters. The quantitative estimate of drug-likeness (QED) is 0.0896. The molecule has 2 N–H and O–H groups in total. The van der Waals surface area contributed by atoms with Crippen LogP contribution in [0.15, 0.2) is 129 Å². The summed E-state index contributed by atoms with van der Waals surface area (Å²) in [5.41, 5.74) is 10.5. The average molecular weight is 827 g/mol. The average Bonchev–Trinajstić information content (AvgIpc) is 3.72. The van der Waals surface area contributed by atoms with Crippen molar-refractivity contribution in [3.63, 3.8) is 0 Å². The van der Waals surface area contributed by atoms with Crippen molar-refractivity contribution in [3.8, 4) is 0 Å². The Morgan fingerprint density at radius 2 is 1.54 bits per heavy atom. The zero-order chi connectivity index (χ0) is 42.4. The number of nitrogens with zero attached hydrogens (tertiary/aromatic N) is 3. The summed E-state index contributed by atoms with van der Waals surface area (Å²) in [5.74, 6) is 0. The number of hydrogen-bond acceptors (Lipinski definition) is 6. The van der Waals surface area contributed by atoms with Gasteiger partial charge in [0.2, 0.25) is 0 Å². The monoisotopic (exact) mass is 826 g/mol. The van der Waals surface area contributed by atoms with Crippen molar-refractivity contribution in [2.75, 3.05) is 36.4 Å². The number of fused-ring (bicyclic) bond motifs is 4. The summed E-state index contributed by atoms with van der Waals surface area (Å²) >= 11 is 9.31. The minimum absolute atomic E-state index is 0.228. The van der Waals surface area contributed by atoms with Gasteiger partial charge < -0.3 is 25.1 Å². The molecule has 3 aliphatic rings. The molecule has 310 valence electrons. The van der Waals surface area contributed by atoms with Crippen LogP contribution < -0.4 is 10.2 Å². The van der Waals surface area contributed by atoms with Crippen molar-refractivity contribution in [2.45, 2.75) is 114 Å². The molecule has 0 spiro atoms. The van der Waals surface area contributed by atoms with E-state index in [1.54, 1.807) is 0 Å². The molecular formula is C51H62N4O2S2. The highest BCUT2D eigenvalue weighted by Crippen LogP contribution is 2.52. The van der Waals surface area contributed by atoms with Crippen LogP contribution in [0.1, 0.15) is 92.2 Å². The molecule has 7 rings (SSSR count). The van der Waals surface area contributed by atoms with Gasteiger partial charge >= 0.3 is 6.09 Å². The molecule has 1 aliphatic carbocycles. The fourth-order valence-electron chi connectivity index (χ4n) is 9.46. The van der Waals surface area contributed by atoms with Crippen molar-refractivity contribution in [1.82, 2.24) is 9.80 Å². The third-order valence-corrected chi connectivity index (χ3v) is 13.9. The van der Waals surface area contributed by atoms with Crippen molar-refractivity contribution in [2.24, 2.45) is 0 Å². The van der Waals surface area contributed by atoms with E-state index in [0.717, 1.165) is 52.1 Å². The predicted octanol–water partition coefficient (Wildman–Crippen LogP) is 12.9. The Morgan fingerprint density at radius 1 is 0.898 bits per heavy atom. The lowest BCUT2D eigenvalue weighted by Crippen LogP contribution is -2.47. The van der Waals surface area contributed by atoms with Gasteiger partial charge in [-0.25, -0.2) is 4.79 Å². The minimum atomic E-state index is -0.850. The van der Waals surface area contributed by atoms with E-state index in [0.29, 0.717) is 38.3 Å². The summed E-state index contributed by atoms with van der Waals surface area (Å²) in [7, 11) is 0. The Labute approximate surface area is 363 Å². The van der Waals surface area contributed by atoms with Crippen LogP contribution in [0.2, 0.25) is 0 Å². The van der Waals surface area contributed by atoms with Gasteiger partial charge in [0.05, 0.1) is 0 Å². The van der Waals surface area contributed by atoms with E-state index in [1.807, 2.05) is 0 Å². The molecule has 2 aliphatic heterocycles. The van der Waals surface area contributed by atoms with Crippen molar-refractivity contribution in [3.05, 3.63) is 131 Å². The van der Waals surface area contributed by atoms with Gasteiger partial charge in [0.25, 0.3) is 0 Å². The molecule has 0 bridgehead atoms. The van der Waals surface area contributed by atoms with E-state index < -0.39 is 6.09 Å². The Kier molecular flexibility index (Phi) is 12.2. The Hall–Kier alpha value is -4.53. The minimum Gasteiger partial charge on any atom is -0.465 e. The van der Waals surface area contributed by atoms with Gasteiger partial charge in [0, 0.05) is 81.7 Å². The smallest absolute Gasteiger partial charge is 0.407 e. The second-order valence-corrected chi connectivity index (χ2v) is 18.9. The molecule has 59 heavy (non-hydrogen) atoms. The predicted molar refractivity (Wildman–Crippen MR) is 256 cm³/mol. The van der Waals surface area contributed by atoms with Gasteiger partial charge in [-0.05, 0) is 131 Å². The third-order valence-electron chi connectivity index (χ3n) is 13.3. The molecule has 4 aromatic carbocycles. The molecule has 1 amide bonds. The zero-order valence-corrected chi connectivity index (χ0v) is 38.0. The number of hydrogen-bond donors (Lipinski definition) is 4. The fourth-order valence-corrected chi connectivity index (χ4v) is 9.89. The number of piperazine rings is 1. The SMILES string of the molecule is C=C(/C=C/C1=C(N2CCN(C(=O)O)CC2)C(=C/C=C2/N(C(C)CC)c3ccc4cc(S)ccc4c3C2(C)C)/CC1)C(C)(C)c1c(NC(C)CC)ccc2cc(S)ccc12. The standard InChI is InChI=1S/C51H62N4O2S2/c1-10-33(4)52-43-23-16-37-30-39(58)19-21-41(37)46(43)50(6,7)32(3)12-13-35-14-15-36(48(35)53-26-28-54(29-27-53)49(56)57)18-25-45-51(8,9)47-42-22-20-40(59)31-38(42)17-24-44(47)55(45)34(5)11-2/h12-13,16-25,30-31,33-34,52,58-59H,3,10-11,14-15,26-29H2,1-2,4-9H3,(H,56,57)/b13-12+,36-18+,45-25+. The Balaban J connectivity index is 1.29. The molecule has 1 fully saturated rings. The first-order valence-corrected chi connectivity index (χ1v) is 22.3. The van der Waals surface area contributed by atoms with Crippen molar-refractivity contribution >= 4 is 64.3 Å². The second kappa shape index (κ2) is 16.8. The number of amides is 1. The Bertz CT molecular complexity index is 2430. The molecule has 0 radical (unpaired) electrons. The van der Waals surface area contributed by atoms with Crippen LogP contribution in [0.5, 0.6) is 0 Å². The first kappa shape index (κ1) is 42.6. The van der Waals surface area contributed by atoms with Gasteiger partial charge in [0.1, 0.15) is 0 Å². The summed E-state index contributed by atoms with van der Waals surface area (Å²) in [6.07, 6.45) is 12.3. The van der Waals surface area contributed by atoms with Gasteiger partial charge in [0.15, 0.2) is 0 Å². The number of allylic oxidation sites excluding steroid dienone is 8. The summed E-state index contributed by atoms with van der Waals surface area (Å²) in [6.45, 7) is 25.3. The molecule has 0 aromatic heterocycles. The van der Waals surface area contributed by atoms with Crippen LogP contribution in [-0.2, 0) is 10.8 Å². The van der Waals surface area contributed by atoms with Crippen molar-refractivity contribution < 1.29 is 9.90 Å². The topological polar surface area (TPSA) is 59.1 Å². The van der Waals surface area contributed by atoms with E-state index >= 15 is 0 Å². The van der Waals surface area contributed by atoms with Gasteiger partial charge in [-0.3, -0.25) is 0 Å². The maximum atomic E-state index is 11.9. The number of carbonyl (C=O) groups is 1. The van der Waals surface area contributed by atoms with Crippen LogP contribution in [0.4, 0.5) is 16.2 Å². The maximum absolute atomic E-state index is 11.9. The highest BCUT2D eigenvalue weighted by Gasteiger charge is 2.43. The molecule has 6 nitrogen and oxygen atoms in total. The van der Waals surface area contributed by atoms with Crippen LogP contribution in [0.25, 0.3) is 21.5 Å². The number of carboxylic acid groups (broad SMARTS) is 1. The van der Waals surface area contributed by atoms with E-state index in [2.05, 4.69) is 181 Å². The number of thiol groups is 2. The van der Waals surface area contributed by atoms with Gasteiger partial charge in [-0.2, -0.15) is 0 Å². The maximum Gasteiger partial charge on any atom is 0.407 e. The summed E-state index contributed by atoms with van der Waals surface area (Å²) < 4.78 is 0. The molecule has 8 heteroatoms. The number of benzene rings is 4. The number of anilines is 2. The molecule has 2 unspecified atom stereocenters. The van der Waals surface area contributed by atoms with E-state index in [-0.39, 0.29) is 10.8 Å². The van der Waals surface area contributed by atoms with E-state index in [1.165, 1.54) is 60.4 Å². The lowest BCUT2D eigenvalue weighted by Gasteiger charge is -2.36. The molecule has 1 saturated heterocycles. The van der Waals surface area contributed by atoms with Gasteiger partial charge in [-0.15, -0.1) is 25.3 Å². The molecule has 4 aromatic rings. The van der Waals surface area contributed by atoms with E-state index in [4.69, 9.17) is 6.58 Å². The van der Waals surface area contributed by atoms with Crippen LogP contribution in [0, 0.1) is 0 Å². The van der Waals surface area contributed by atoms with Crippen LogP contribution >= 0.6 is 25.3 Å². The fraction of sp³-hybridized carbons (Fsp3) is 0.392. The molecule has 2 heterocycles. The molecular weight excluding hydrogens is 765 g/mol. The van der Waals surface area contributed by atoms with Crippen LogP contribution in [-0.4, -0.2) is 59.3 Å². The lowest BCUT2D eigenvalue weighted by atomic mass is 9.75. The number of rotatable bonds is 11. The summed E-state index contributed by atoms with van der Waals surface area (Å²) in [5, 5.41) is 18.5. The largest absolute Gasteiger partial charge is 0.465 e. The first-order chi connectivity index (χ1) is 28.1.